The number of benzene rings is 5. The van der Waals surface area contributed by atoms with Crippen molar-refractivity contribution in [2.45, 2.75) is 28.8 Å². The summed E-state index contributed by atoms with van der Waals surface area (Å²) >= 11 is 7.76. The van der Waals surface area contributed by atoms with Gasteiger partial charge in [-0.1, -0.05) is 66.2 Å². The molecule has 1 aliphatic heterocycles. The van der Waals surface area contributed by atoms with E-state index >= 15 is 0 Å². The normalized spacial score (nSPS) is 14.0. The molecule has 0 radical (unpaired) electrons. The van der Waals surface area contributed by atoms with E-state index in [4.69, 9.17) is 11.6 Å². The average Bonchev–Trinajstić information content (AvgIpc) is 3.25. The van der Waals surface area contributed by atoms with Crippen molar-refractivity contribution in [1.82, 2.24) is 19.8 Å². The van der Waals surface area contributed by atoms with Gasteiger partial charge in [0.05, 0.1) is 21.9 Å². The Labute approximate surface area is 359 Å². The number of aliphatic hydroxyl groups excluding tert-OH is 1. The number of nitrogens with one attached hydrogen (secondary N) is 2. The number of nitro benzene ring substituents is 1. The molecule has 1 aliphatic rings. The van der Waals surface area contributed by atoms with Crippen LogP contribution in [0.1, 0.15) is 12.0 Å². The monoisotopic (exact) mass is 866 g/mol. The Balaban J connectivity index is 1.02. The fourth-order valence-corrected chi connectivity index (χ4v) is 9.39. The number of halogens is 1. The third-order valence-corrected chi connectivity index (χ3v) is 13.3. The molecule has 0 amide bonds. The van der Waals surface area contributed by atoms with Crippen molar-refractivity contribution < 1.29 is 18.4 Å². The van der Waals surface area contributed by atoms with Crippen molar-refractivity contribution in [2.24, 2.45) is 0 Å². The Morgan fingerprint density at radius 2 is 1.67 bits per heavy atom. The van der Waals surface area contributed by atoms with Gasteiger partial charge in [-0.05, 0) is 91.3 Å². The molecule has 1 fully saturated rings. The van der Waals surface area contributed by atoms with Crippen LogP contribution in [0.5, 0.6) is 0 Å². The molecule has 0 spiro atoms. The fraction of sp³-hybridized carbons (Fsp3) is 0.273. The summed E-state index contributed by atoms with van der Waals surface area (Å²) in [6.07, 6.45) is 1.94. The van der Waals surface area contributed by atoms with Crippen molar-refractivity contribution in [1.29, 1.82) is 0 Å². The summed E-state index contributed by atoms with van der Waals surface area (Å²) in [4.78, 5) is 28.0. The van der Waals surface area contributed by atoms with Crippen LogP contribution < -0.4 is 14.9 Å². The van der Waals surface area contributed by atoms with Gasteiger partial charge < -0.3 is 20.2 Å². The van der Waals surface area contributed by atoms with E-state index in [1.165, 1.54) is 29.6 Å². The van der Waals surface area contributed by atoms with E-state index in [-0.39, 0.29) is 34.7 Å². The van der Waals surface area contributed by atoms with E-state index in [2.05, 4.69) is 54.1 Å². The van der Waals surface area contributed by atoms with E-state index in [1.54, 1.807) is 17.8 Å². The largest absolute Gasteiger partial charge is 0.395 e. The standard InChI is InChI=1S/C44H47ClN8O5S2/c1-50(25-26-54)20-19-35(30-59-37-8-3-2-4-9-37)48-41-18-16-38(28-43(41)53(55)56)60(57,58)49-44-40-17-15-36(27-42(40)46-31-47-44)52-23-21-51(22-24-52)29-33-7-5-6-10-39(33)32-11-13-34(45)14-12-32/h2-18,27-28,31,35,48,54H,19-26,29-30H2,1H3,(H,46,47,49)/t35-/m1/s1. The number of nitro groups is 1. The average molecular weight is 867 g/mol. The first-order valence-corrected chi connectivity index (χ1v) is 22.5. The number of aliphatic hydroxyl groups is 1. The van der Waals surface area contributed by atoms with Gasteiger partial charge in [0.2, 0.25) is 0 Å². The SMILES string of the molecule is CN(CCO)CC[C@H](CSc1ccccc1)Nc1ccc(S(=O)(=O)Nc2ncnc3cc(N4CCN(Cc5ccccc5-c5ccc(Cl)cc5)CC4)ccc23)cc1[N+](=O)[O-]. The number of likely N-dealkylation sites (N-methyl/N-ethyl adjacent to an activating group) is 1. The maximum absolute atomic E-state index is 13.8. The van der Waals surface area contributed by atoms with Crippen LogP contribution in [0.25, 0.3) is 22.0 Å². The molecular formula is C44H47ClN8O5S2. The highest BCUT2D eigenvalue weighted by Crippen LogP contribution is 2.33. The molecule has 13 nitrogen and oxygen atoms in total. The Morgan fingerprint density at radius 3 is 2.42 bits per heavy atom. The van der Waals surface area contributed by atoms with Crippen LogP contribution in [0.2, 0.25) is 5.02 Å². The van der Waals surface area contributed by atoms with Gasteiger partial charge in [-0.25, -0.2) is 18.4 Å². The van der Waals surface area contributed by atoms with Gasteiger partial charge in [0.25, 0.3) is 15.7 Å². The number of anilines is 3. The van der Waals surface area contributed by atoms with Crippen LogP contribution in [0.4, 0.5) is 22.9 Å². The zero-order valence-electron chi connectivity index (χ0n) is 33.2. The van der Waals surface area contributed by atoms with E-state index in [0.717, 1.165) is 54.9 Å². The number of rotatable bonds is 18. The van der Waals surface area contributed by atoms with Crippen molar-refractivity contribution in [3.05, 3.63) is 142 Å². The maximum atomic E-state index is 13.8. The molecule has 2 heterocycles. The van der Waals surface area contributed by atoms with Gasteiger partial charge >= 0.3 is 0 Å². The first-order chi connectivity index (χ1) is 29.1. The quantitative estimate of drug-likeness (QED) is 0.0437. The van der Waals surface area contributed by atoms with Crippen LogP contribution in [0.15, 0.2) is 131 Å². The lowest BCUT2D eigenvalue weighted by atomic mass is 9.99. The lowest BCUT2D eigenvalue weighted by Gasteiger charge is -2.36. The summed E-state index contributed by atoms with van der Waals surface area (Å²) in [5.74, 6) is 0.681. The second kappa shape index (κ2) is 19.8. The molecule has 3 N–H and O–H groups in total. The number of hydrogen-bond acceptors (Lipinski definition) is 12. The molecule has 0 saturated carbocycles. The first kappa shape index (κ1) is 42.8. The Hall–Kier alpha value is -5.29. The summed E-state index contributed by atoms with van der Waals surface area (Å²) < 4.78 is 30.1. The van der Waals surface area contributed by atoms with Gasteiger partial charge in [-0.15, -0.1) is 11.8 Å². The van der Waals surface area contributed by atoms with Crippen molar-refractivity contribution in [3.8, 4) is 11.1 Å². The summed E-state index contributed by atoms with van der Waals surface area (Å²) in [5.41, 5.74) is 4.96. The molecule has 0 aliphatic carbocycles. The topological polar surface area (TPSA) is 157 Å². The van der Waals surface area contributed by atoms with Gasteiger partial charge in [-0.2, -0.15) is 0 Å². The molecule has 60 heavy (non-hydrogen) atoms. The molecule has 5 aromatic carbocycles. The van der Waals surface area contributed by atoms with Crippen LogP contribution >= 0.6 is 23.4 Å². The Morgan fingerprint density at radius 1 is 0.917 bits per heavy atom. The number of sulfonamides is 1. The number of piperazine rings is 1. The minimum Gasteiger partial charge on any atom is -0.395 e. The molecule has 0 bridgehead atoms. The highest BCUT2D eigenvalue weighted by atomic mass is 35.5. The molecule has 1 saturated heterocycles. The highest BCUT2D eigenvalue weighted by molar-refractivity contribution is 7.99. The molecule has 16 heteroatoms. The maximum Gasteiger partial charge on any atom is 0.293 e. The van der Waals surface area contributed by atoms with Gasteiger partial charge in [0, 0.05) is 78.1 Å². The summed E-state index contributed by atoms with van der Waals surface area (Å²) in [6, 6.07) is 35.6. The molecule has 312 valence electrons. The number of hydrogen-bond donors (Lipinski definition) is 3. The third kappa shape index (κ3) is 10.9. The molecular weight excluding hydrogens is 820 g/mol. The number of nitrogens with zero attached hydrogens (tertiary/aromatic N) is 6. The lowest BCUT2D eigenvalue weighted by Crippen LogP contribution is -2.46. The number of fused-ring (bicyclic) bond motifs is 1. The van der Waals surface area contributed by atoms with Crippen molar-refractivity contribution in [3.63, 3.8) is 0 Å². The van der Waals surface area contributed by atoms with Gasteiger partial charge in [-0.3, -0.25) is 19.7 Å². The first-order valence-electron chi connectivity index (χ1n) is 19.7. The minimum atomic E-state index is -4.29. The summed E-state index contributed by atoms with van der Waals surface area (Å²) in [5, 5.41) is 26.2. The number of thioether (sulfide) groups is 1. The van der Waals surface area contributed by atoms with E-state index in [0.29, 0.717) is 41.2 Å². The third-order valence-electron chi connectivity index (χ3n) is 10.5. The highest BCUT2D eigenvalue weighted by Gasteiger charge is 2.25. The molecule has 0 unspecified atom stereocenters. The minimum absolute atomic E-state index is 0.0244. The second-order valence-electron chi connectivity index (χ2n) is 14.7. The Kier molecular flexibility index (Phi) is 14.2. The molecule has 7 rings (SSSR count). The van der Waals surface area contributed by atoms with Crippen molar-refractivity contribution >= 4 is 67.2 Å². The van der Waals surface area contributed by atoms with E-state index in [9.17, 15) is 23.6 Å². The van der Waals surface area contributed by atoms with Crippen LogP contribution in [0.3, 0.4) is 0 Å². The van der Waals surface area contributed by atoms with Crippen molar-refractivity contribution in [2.75, 3.05) is 73.6 Å². The van der Waals surface area contributed by atoms with Crippen LogP contribution in [0, 0.1) is 10.1 Å². The van der Waals surface area contributed by atoms with Gasteiger partial charge in [0.15, 0.2) is 5.82 Å². The van der Waals surface area contributed by atoms with Crippen LogP contribution in [-0.2, 0) is 16.6 Å². The van der Waals surface area contributed by atoms with E-state index in [1.807, 2.05) is 78.7 Å². The zero-order chi connectivity index (χ0) is 42.1. The number of aromatic nitrogens is 2. The summed E-state index contributed by atoms with van der Waals surface area (Å²) in [6.45, 7) is 5.31. The molecule has 6 aromatic rings. The van der Waals surface area contributed by atoms with E-state index < -0.39 is 14.9 Å². The fourth-order valence-electron chi connectivity index (χ4n) is 7.23. The van der Waals surface area contributed by atoms with Gasteiger partial charge in [0.1, 0.15) is 12.0 Å². The molecule has 1 aromatic heterocycles. The summed E-state index contributed by atoms with van der Waals surface area (Å²) in [7, 11) is -2.39. The second-order valence-corrected chi connectivity index (χ2v) is 17.9. The zero-order valence-corrected chi connectivity index (χ0v) is 35.5. The lowest BCUT2D eigenvalue weighted by molar-refractivity contribution is -0.384. The predicted octanol–water partition coefficient (Wildman–Crippen LogP) is 7.87. The predicted molar refractivity (Wildman–Crippen MR) is 242 cm³/mol. The smallest absolute Gasteiger partial charge is 0.293 e. The van der Waals surface area contributed by atoms with Crippen LogP contribution in [-0.4, -0.2) is 103 Å². The molecule has 1 atom stereocenters. The Bertz CT molecular complexity index is 2510.